The summed E-state index contributed by atoms with van der Waals surface area (Å²) in [5.74, 6) is -0.363. The predicted molar refractivity (Wildman–Crippen MR) is 54.5 cm³/mol. The van der Waals surface area contributed by atoms with Crippen molar-refractivity contribution in [2.75, 3.05) is 7.05 Å². The van der Waals surface area contributed by atoms with Crippen LogP contribution < -0.4 is 5.73 Å². The predicted octanol–water partition coefficient (Wildman–Crippen LogP) is 1.06. The van der Waals surface area contributed by atoms with Crippen molar-refractivity contribution in [2.45, 2.75) is 18.5 Å². The molecule has 1 aliphatic heterocycles. The number of likely N-dealkylation sites (tertiary alicyclic amines) is 1. The van der Waals surface area contributed by atoms with E-state index in [1.165, 1.54) is 12.1 Å². The fraction of sp³-hybridized carbons (Fsp3) is 0.364. The van der Waals surface area contributed by atoms with E-state index >= 15 is 0 Å². The molecule has 3 nitrogen and oxygen atoms in total. The Hall–Kier alpha value is -1.42. The van der Waals surface area contributed by atoms with Crippen LogP contribution in [0, 0.1) is 5.82 Å². The molecule has 4 heteroatoms. The van der Waals surface area contributed by atoms with E-state index in [-0.39, 0.29) is 17.8 Å². The minimum absolute atomic E-state index is 0.0794. The number of nitrogens with two attached hydrogens (primary N) is 1. The fourth-order valence-corrected chi connectivity index (χ4v) is 1.99. The minimum Gasteiger partial charge on any atom is -0.337 e. The summed E-state index contributed by atoms with van der Waals surface area (Å²) in [5.41, 5.74) is 6.45. The molecule has 0 aliphatic carbocycles. The molecule has 1 aromatic carbocycles. The first kappa shape index (κ1) is 10.1. The van der Waals surface area contributed by atoms with Crippen LogP contribution in [0.2, 0.25) is 0 Å². The van der Waals surface area contributed by atoms with Crippen LogP contribution >= 0.6 is 0 Å². The van der Waals surface area contributed by atoms with Gasteiger partial charge in [-0.25, -0.2) is 4.39 Å². The Labute approximate surface area is 87.7 Å². The Morgan fingerprint density at radius 2 is 2.27 bits per heavy atom. The van der Waals surface area contributed by atoms with Gasteiger partial charge in [-0.05, 0) is 24.1 Å². The van der Waals surface area contributed by atoms with Crippen molar-refractivity contribution in [1.82, 2.24) is 4.90 Å². The molecule has 1 heterocycles. The van der Waals surface area contributed by atoms with Gasteiger partial charge in [-0.2, -0.15) is 0 Å². The highest BCUT2D eigenvalue weighted by Gasteiger charge is 2.35. The van der Waals surface area contributed by atoms with E-state index in [0.717, 1.165) is 5.56 Å². The third-order valence-corrected chi connectivity index (χ3v) is 2.84. The second-order valence-corrected chi connectivity index (χ2v) is 3.86. The van der Waals surface area contributed by atoms with E-state index in [2.05, 4.69) is 0 Å². The molecule has 2 rings (SSSR count). The molecule has 0 aromatic heterocycles. The van der Waals surface area contributed by atoms with Crippen LogP contribution in [0.25, 0.3) is 0 Å². The monoisotopic (exact) mass is 208 g/mol. The van der Waals surface area contributed by atoms with Crippen LogP contribution in [0.5, 0.6) is 0 Å². The number of carbonyl (C=O) groups is 1. The average Bonchev–Trinajstić information content (AvgIpc) is 2.46. The van der Waals surface area contributed by atoms with Gasteiger partial charge < -0.3 is 10.6 Å². The minimum atomic E-state index is -0.455. The zero-order chi connectivity index (χ0) is 11.0. The lowest BCUT2D eigenvalue weighted by atomic mass is 10.0. The van der Waals surface area contributed by atoms with Gasteiger partial charge in [0, 0.05) is 7.05 Å². The van der Waals surface area contributed by atoms with Crippen LogP contribution in [-0.2, 0) is 4.79 Å². The van der Waals surface area contributed by atoms with Gasteiger partial charge in [-0.15, -0.1) is 0 Å². The Morgan fingerprint density at radius 1 is 1.53 bits per heavy atom. The van der Waals surface area contributed by atoms with Crippen molar-refractivity contribution in [1.29, 1.82) is 0 Å². The molecule has 2 unspecified atom stereocenters. The maximum atomic E-state index is 13.0. The van der Waals surface area contributed by atoms with Gasteiger partial charge in [0.15, 0.2) is 0 Å². The lowest BCUT2D eigenvalue weighted by molar-refractivity contribution is -0.128. The summed E-state index contributed by atoms with van der Waals surface area (Å²) in [4.78, 5) is 13.1. The maximum absolute atomic E-state index is 13.0. The standard InChI is InChI=1S/C11H13FN2O/c1-14-10(6-9(13)11(14)15)7-3-2-4-8(12)5-7/h2-5,9-10H,6,13H2,1H3. The van der Waals surface area contributed by atoms with Crippen LogP contribution in [0.1, 0.15) is 18.0 Å². The van der Waals surface area contributed by atoms with Crippen molar-refractivity contribution in [3.05, 3.63) is 35.6 Å². The van der Waals surface area contributed by atoms with E-state index in [0.29, 0.717) is 6.42 Å². The van der Waals surface area contributed by atoms with Gasteiger partial charge in [0.2, 0.25) is 5.91 Å². The van der Waals surface area contributed by atoms with Crippen LogP contribution in [0.4, 0.5) is 4.39 Å². The lowest BCUT2D eigenvalue weighted by Gasteiger charge is -2.19. The number of amides is 1. The summed E-state index contributed by atoms with van der Waals surface area (Å²) in [5, 5.41) is 0. The third-order valence-electron chi connectivity index (χ3n) is 2.84. The number of likely N-dealkylation sites (N-methyl/N-ethyl adjacent to an activating group) is 1. The van der Waals surface area contributed by atoms with E-state index in [1.807, 2.05) is 6.07 Å². The first-order valence-electron chi connectivity index (χ1n) is 4.87. The molecule has 1 aliphatic rings. The molecule has 0 spiro atoms. The maximum Gasteiger partial charge on any atom is 0.239 e. The van der Waals surface area contributed by atoms with Gasteiger partial charge in [0.1, 0.15) is 5.82 Å². The molecular weight excluding hydrogens is 195 g/mol. The first-order valence-corrected chi connectivity index (χ1v) is 4.87. The number of nitrogens with zero attached hydrogens (tertiary/aromatic N) is 1. The molecule has 1 amide bonds. The van der Waals surface area contributed by atoms with E-state index < -0.39 is 6.04 Å². The summed E-state index contributed by atoms with van der Waals surface area (Å²) < 4.78 is 13.0. The van der Waals surface area contributed by atoms with Crippen molar-refractivity contribution in [3.8, 4) is 0 Å². The summed E-state index contributed by atoms with van der Waals surface area (Å²) in [6.45, 7) is 0. The Bertz CT molecular complexity index is 394. The molecule has 0 saturated carbocycles. The molecule has 2 N–H and O–H groups in total. The van der Waals surface area contributed by atoms with Crippen LogP contribution in [-0.4, -0.2) is 23.9 Å². The van der Waals surface area contributed by atoms with Gasteiger partial charge in [-0.3, -0.25) is 4.79 Å². The van der Waals surface area contributed by atoms with Gasteiger partial charge in [0.25, 0.3) is 0 Å². The van der Waals surface area contributed by atoms with Crippen molar-refractivity contribution in [2.24, 2.45) is 5.73 Å². The molecule has 1 aromatic rings. The lowest BCUT2D eigenvalue weighted by Crippen LogP contribution is -2.31. The summed E-state index contributed by atoms with van der Waals surface area (Å²) >= 11 is 0. The van der Waals surface area contributed by atoms with Crippen molar-refractivity contribution < 1.29 is 9.18 Å². The second kappa shape index (κ2) is 3.62. The second-order valence-electron chi connectivity index (χ2n) is 3.86. The largest absolute Gasteiger partial charge is 0.337 e. The van der Waals surface area contributed by atoms with E-state index in [9.17, 15) is 9.18 Å². The highest BCUT2D eigenvalue weighted by Crippen LogP contribution is 2.30. The highest BCUT2D eigenvalue weighted by atomic mass is 19.1. The summed E-state index contributed by atoms with van der Waals surface area (Å²) in [6.07, 6.45) is 0.554. The number of carbonyl (C=O) groups excluding carboxylic acids is 1. The zero-order valence-corrected chi connectivity index (χ0v) is 8.48. The topological polar surface area (TPSA) is 46.3 Å². The Balaban J connectivity index is 2.29. The quantitative estimate of drug-likeness (QED) is 0.750. The average molecular weight is 208 g/mol. The van der Waals surface area contributed by atoms with Gasteiger partial charge in [-0.1, -0.05) is 12.1 Å². The molecule has 1 saturated heterocycles. The highest BCUT2D eigenvalue weighted by molar-refractivity contribution is 5.84. The van der Waals surface area contributed by atoms with Crippen molar-refractivity contribution >= 4 is 5.91 Å². The van der Waals surface area contributed by atoms with Crippen molar-refractivity contribution in [3.63, 3.8) is 0 Å². The summed E-state index contributed by atoms with van der Waals surface area (Å²) in [6, 6.07) is 5.75. The Kier molecular flexibility index (Phi) is 2.44. The first-order chi connectivity index (χ1) is 7.09. The summed E-state index contributed by atoms with van der Waals surface area (Å²) in [7, 11) is 1.70. The number of benzene rings is 1. The molecular formula is C11H13FN2O. The Morgan fingerprint density at radius 3 is 2.80 bits per heavy atom. The van der Waals surface area contributed by atoms with E-state index in [4.69, 9.17) is 5.73 Å². The number of rotatable bonds is 1. The molecule has 2 atom stereocenters. The molecule has 0 bridgehead atoms. The van der Waals surface area contributed by atoms with E-state index in [1.54, 1.807) is 18.0 Å². The molecule has 0 radical (unpaired) electrons. The zero-order valence-electron chi connectivity index (χ0n) is 8.48. The van der Waals surface area contributed by atoms with Crippen LogP contribution in [0.15, 0.2) is 24.3 Å². The number of hydrogen-bond donors (Lipinski definition) is 1. The molecule has 15 heavy (non-hydrogen) atoms. The molecule has 80 valence electrons. The van der Waals surface area contributed by atoms with Crippen LogP contribution in [0.3, 0.4) is 0 Å². The van der Waals surface area contributed by atoms with Gasteiger partial charge >= 0.3 is 0 Å². The number of hydrogen-bond acceptors (Lipinski definition) is 2. The molecule has 1 fully saturated rings. The SMILES string of the molecule is CN1C(=O)C(N)CC1c1cccc(F)c1. The smallest absolute Gasteiger partial charge is 0.239 e. The normalized spacial score (nSPS) is 26.1. The fourth-order valence-electron chi connectivity index (χ4n) is 1.99. The van der Waals surface area contributed by atoms with Gasteiger partial charge in [0.05, 0.1) is 12.1 Å². The third kappa shape index (κ3) is 1.72. The number of halogens is 1.